The number of thiazole rings is 1. The highest BCUT2D eigenvalue weighted by molar-refractivity contribution is 7.13. The lowest BCUT2D eigenvalue weighted by Crippen LogP contribution is -2.49. The number of halogens is 4. The van der Waals surface area contributed by atoms with Crippen molar-refractivity contribution in [1.82, 2.24) is 30.2 Å². The summed E-state index contributed by atoms with van der Waals surface area (Å²) in [6, 6.07) is 1.54. The fraction of sp³-hybridized carbons (Fsp3) is 0.375. The van der Waals surface area contributed by atoms with Gasteiger partial charge >= 0.3 is 6.18 Å². The number of carbonyl (C=O) groups excluding carboxylic acids is 3. The van der Waals surface area contributed by atoms with Gasteiger partial charge in [0.15, 0.2) is 0 Å². The van der Waals surface area contributed by atoms with Crippen LogP contribution in [0.15, 0.2) is 30.9 Å². The van der Waals surface area contributed by atoms with E-state index in [0.29, 0.717) is 43.1 Å². The smallest absolute Gasteiger partial charge is 0.396 e. The van der Waals surface area contributed by atoms with Crippen LogP contribution in [0.2, 0.25) is 5.02 Å². The molecule has 4 rings (SSSR count). The maximum absolute atomic E-state index is 13.1. The summed E-state index contributed by atoms with van der Waals surface area (Å²) in [5.74, 6) is -1.17. The lowest BCUT2D eigenvalue weighted by atomic mass is 10.2. The maximum atomic E-state index is 13.1. The molecule has 1 unspecified atom stereocenters. The Labute approximate surface area is 240 Å². The summed E-state index contributed by atoms with van der Waals surface area (Å²) in [5, 5.41) is 13.8. The Hall–Kier alpha value is -3.89. The van der Waals surface area contributed by atoms with E-state index in [4.69, 9.17) is 16.7 Å². The molecule has 0 spiro atoms. The molecule has 0 saturated carbocycles. The monoisotopic (exact) mass is 612 g/mol. The first-order valence-corrected chi connectivity index (χ1v) is 13.4. The lowest BCUT2D eigenvalue weighted by molar-refractivity contribution is -0.137. The Kier molecular flexibility index (Phi) is 9.35. The highest BCUT2D eigenvalue weighted by Crippen LogP contribution is 2.35. The number of aliphatic hydroxyl groups is 1. The Balaban J connectivity index is 1.36. The number of hydrogen-bond acceptors (Lipinski definition) is 10. The number of nitrogens with one attached hydrogen (secondary N) is 2. The molecule has 3 amide bonds. The fourth-order valence-corrected chi connectivity index (χ4v) is 4.94. The van der Waals surface area contributed by atoms with Gasteiger partial charge in [0.05, 0.1) is 29.4 Å². The van der Waals surface area contributed by atoms with Crippen LogP contribution in [0.25, 0.3) is 0 Å². The third kappa shape index (κ3) is 7.45. The molecule has 0 radical (unpaired) electrons. The summed E-state index contributed by atoms with van der Waals surface area (Å²) in [6.07, 6.45) is -1.34. The number of carbonyl (C=O) groups is 3. The molecule has 1 fully saturated rings. The van der Waals surface area contributed by atoms with Crippen molar-refractivity contribution in [3.05, 3.63) is 57.0 Å². The summed E-state index contributed by atoms with van der Waals surface area (Å²) in [6.45, 7) is 3.36. The van der Waals surface area contributed by atoms with E-state index in [0.717, 1.165) is 17.5 Å². The summed E-state index contributed by atoms with van der Waals surface area (Å²) < 4.78 is 39.3. The van der Waals surface area contributed by atoms with Gasteiger partial charge in [-0.05, 0) is 13.0 Å². The van der Waals surface area contributed by atoms with Crippen LogP contribution in [0, 0.1) is 0 Å². The van der Waals surface area contributed by atoms with E-state index < -0.39 is 34.6 Å². The molecule has 0 aliphatic carbocycles. The van der Waals surface area contributed by atoms with E-state index in [9.17, 15) is 27.6 Å². The molecule has 218 valence electrons. The second kappa shape index (κ2) is 12.7. The van der Waals surface area contributed by atoms with E-state index in [1.165, 1.54) is 18.6 Å². The van der Waals surface area contributed by atoms with Gasteiger partial charge in [0.25, 0.3) is 11.8 Å². The van der Waals surface area contributed by atoms with Crippen molar-refractivity contribution >= 4 is 52.3 Å². The summed E-state index contributed by atoms with van der Waals surface area (Å²) in [4.78, 5) is 57.3. The third-order valence-electron chi connectivity index (χ3n) is 6.04. The van der Waals surface area contributed by atoms with Crippen LogP contribution in [0.1, 0.15) is 50.1 Å². The topological polar surface area (TPSA) is 154 Å². The molecule has 1 aliphatic rings. The number of anilines is 2. The van der Waals surface area contributed by atoms with Gasteiger partial charge in [-0.3, -0.25) is 14.4 Å². The largest absolute Gasteiger partial charge is 0.418 e. The van der Waals surface area contributed by atoms with E-state index in [1.54, 1.807) is 11.8 Å². The molecule has 1 atom stereocenters. The Morgan fingerprint density at radius 3 is 2.49 bits per heavy atom. The Morgan fingerprint density at radius 2 is 1.80 bits per heavy atom. The van der Waals surface area contributed by atoms with Crippen molar-refractivity contribution < 1.29 is 32.7 Å². The molecule has 17 heteroatoms. The van der Waals surface area contributed by atoms with E-state index in [2.05, 4.69) is 30.6 Å². The average molecular weight is 613 g/mol. The molecular formula is C24H24ClF3N8O4S. The minimum absolute atomic E-state index is 0.0730. The van der Waals surface area contributed by atoms with Gasteiger partial charge in [-0.1, -0.05) is 11.6 Å². The number of pyridine rings is 1. The standard InChI is InChI=1S/C24H24ClF3N8O4S/c1-13(23-30-11-17(41-23)22(40)34-18-8-14(24(26,27)28)15(25)10-29-18)33-21(39)16-9-19(32-12-31-16)35-3-5-36(6-4-35)20(38)2-7-37/h8-13,37H,2-7H2,1H3,(H,33,39)(H,29,34,40). The molecule has 41 heavy (non-hydrogen) atoms. The number of aliphatic hydroxyl groups excluding tert-OH is 1. The molecule has 3 aromatic rings. The van der Waals surface area contributed by atoms with Crippen LogP contribution in [-0.2, 0) is 11.0 Å². The molecule has 0 bridgehead atoms. The quantitative estimate of drug-likeness (QED) is 0.348. The first-order chi connectivity index (χ1) is 19.5. The third-order valence-corrected chi connectivity index (χ3v) is 7.52. The van der Waals surface area contributed by atoms with Crippen LogP contribution in [0.3, 0.4) is 0 Å². The molecule has 1 aliphatic heterocycles. The van der Waals surface area contributed by atoms with Crippen LogP contribution in [-0.4, -0.2) is 80.4 Å². The first-order valence-electron chi connectivity index (χ1n) is 12.2. The fourth-order valence-electron chi connectivity index (χ4n) is 3.91. The zero-order valence-corrected chi connectivity index (χ0v) is 23.1. The number of rotatable bonds is 8. The number of aromatic nitrogens is 4. The molecule has 4 heterocycles. The van der Waals surface area contributed by atoms with Crippen LogP contribution in [0.5, 0.6) is 0 Å². The van der Waals surface area contributed by atoms with Gasteiger partial charge in [0.1, 0.15) is 33.5 Å². The van der Waals surface area contributed by atoms with Crippen molar-refractivity contribution in [3.8, 4) is 0 Å². The van der Waals surface area contributed by atoms with Gasteiger partial charge < -0.3 is 25.5 Å². The van der Waals surface area contributed by atoms with Crippen LogP contribution in [0.4, 0.5) is 24.8 Å². The van der Waals surface area contributed by atoms with Gasteiger partial charge in [-0.15, -0.1) is 11.3 Å². The summed E-state index contributed by atoms with van der Waals surface area (Å²) in [5.41, 5.74) is -1.03. The summed E-state index contributed by atoms with van der Waals surface area (Å²) >= 11 is 6.51. The van der Waals surface area contributed by atoms with Crippen molar-refractivity contribution in [2.24, 2.45) is 0 Å². The normalized spacial score (nSPS) is 14.5. The highest BCUT2D eigenvalue weighted by Gasteiger charge is 2.34. The number of nitrogens with zero attached hydrogens (tertiary/aromatic N) is 6. The van der Waals surface area contributed by atoms with Gasteiger partial charge in [0, 0.05) is 44.9 Å². The Morgan fingerprint density at radius 1 is 1.07 bits per heavy atom. The van der Waals surface area contributed by atoms with E-state index in [-0.39, 0.29) is 35.3 Å². The lowest BCUT2D eigenvalue weighted by Gasteiger charge is -2.35. The predicted octanol–water partition coefficient (Wildman–Crippen LogP) is 2.77. The molecule has 0 aromatic carbocycles. The maximum Gasteiger partial charge on any atom is 0.418 e. The predicted molar refractivity (Wildman–Crippen MR) is 143 cm³/mol. The molecule has 3 N–H and O–H groups in total. The van der Waals surface area contributed by atoms with Gasteiger partial charge in [-0.25, -0.2) is 19.9 Å². The van der Waals surface area contributed by atoms with Crippen molar-refractivity contribution in [2.45, 2.75) is 25.6 Å². The zero-order valence-electron chi connectivity index (χ0n) is 21.5. The number of piperazine rings is 1. The molecule has 12 nitrogen and oxygen atoms in total. The van der Waals surface area contributed by atoms with Crippen molar-refractivity contribution in [2.75, 3.05) is 43.0 Å². The zero-order chi connectivity index (χ0) is 29.7. The SMILES string of the molecule is CC(NC(=O)c1cc(N2CCN(C(=O)CCO)CC2)ncn1)c1ncc(C(=O)Nc2cc(C(F)(F)F)c(Cl)cn2)s1. The minimum atomic E-state index is -4.72. The van der Waals surface area contributed by atoms with E-state index in [1.807, 2.05) is 4.90 Å². The van der Waals surface area contributed by atoms with Crippen LogP contribution < -0.4 is 15.5 Å². The number of amides is 3. The van der Waals surface area contributed by atoms with Gasteiger partial charge in [-0.2, -0.15) is 13.2 Å². The molecular weight excluding hydrogens is 589 g/mol. The van der Waals surface area contributed by atoms with Crippen LogP contribution >= 0.6 is 22.9 Å². The second-order valence-corrected chi connectivity index (χ2v) is 10.3. The average Bonchev–Trinajstić information content (AvgIpc) is 3.45. The second-order valence-electron chi connectivity index (χ2n) is 8.86. The number of alkyl halides is 3. The van der Waals surface area contributed by atoms with Crippen molar-refractivity contribution in [1.29, 1.82) is 0 Å². The minimum Gasteiger partial charge on any atom is -0.396 e. The summed E-state index contributed by atoms with van der Waals surface area (Å²) in [7, 11) is 0. The molecule has 1 saturated heterocycles. The Bertz CT molecular complexity index is 1430. The van der Waals surface area contributed by atoms with E-state index >= 15 is 0 Å². The van der Waals surface area contributed by atoms with Crippen molar-refractivity contribution in [3.63, 3.8) is 0 Å². The number of hydrogen-bond donors (Lipinski definition) is 3. The highest BCUT2D eigenvalue weighted by atomic mass is 35.5. The van der Waals surface area contributed by atoms with Gasteiger partial charge in [0.2, 0.25) is 5.91 Å². The molecule has 3 aromatic heterocycles. The first kappa shape index (κ1) is 30.1.